The largest absolute Gasteiger partial charge is 0.269 e. The lowest BCUT2D eigenvalue weighted by atomic mass is 9.97. The van der Waals surface area contributed by atoms with E-state index in [-0.39, 0.29) is 0 Å². The fourth-order valence-corrected chi connectivity index (χ4v) is 4.47. The topological polar surface area (TPSA) is 34.1 Å². The number of hydrogen-bond donors (Lipinski definition) is 0. The van der Waals surface area contributed by atoms with Crippen LogP contribution in [-0.2, 0) is 7.05 Å². The van der Waals surface area contributed by atoms with E-state index in [2.05, 4.69) is 71.4 Å². The van der Waals surface area contributed by atoms with E-state index in [0.717, 1.165) is 10.8 Å². The number of hydrogen-bond acceptors (Lipinski definition) is 3. The molecule has 0 fully saturated rings. The van der Waals surface area contributed by atoms with Gasteiger partial charge >= 0.3 is 0 Å². The van der Waals surface area contributed by atoms with Crippen molar-refractivity contribution in [2.75, 3.05) is 0 Å². The Bertz CT molecular complexity index is 1070. The summed E-state index contributed by atoms with van der Waals surface area (Å²) in [7, 11) is 2.11. The molecule has 1 aromatic carbocycles. The predicted molar refractivity (Wildman–Crippen MR) is 93.9 cm³/mol. The molecule has 23 heavy (non-hydrogen) atoms. The van der Waals surface area contributed by atoms with Gasteiger partial charge in [-0.2, -0.15) is 4.57 Å². The van der Waals surface area contributed by atoms with Gasteiger partial charge in [-0.25, -0.2) is 0 Å². The van der Waals surface area contributed by atoms with Crippen molar-refractivity contribution in [3.63, 3.8) is 0 Å². The molecule has 0 N–H and O–H groups in total. The Morgan fingerprint density at radius 3 is 2.65 bits per heavy atom. The lowest BCUT2D eigenvalue weighted by Gasteiger charge is -2.09. The van der Waals surface area contributed by atoms with E-state index >= 15 is 0 Å². The molecule has 0 aliphatic carbocycles. The molecule has 0 unspecified atom stereocenters. The van der Waals surface area contributed by atoms with Crippen LogP contribution in [-0.4, -0.2) is 14.6 Å². The zero-order chi connectivity index (χ0) is 16.3. The van der Waals surface area contributed by atoms with Crippen LogP contribution in [0.3, 0.4) is 0 Å². The molecule has 4 rings (SSSR count). The standard InChI is InChI=1S/C18H19N4S/c1-10-8-11(2)12(3)14(9-10)16-17-15(6-7-21(16)5)22-13(4)19-20-18(22)23-17/h6-9H,1-5H3/q+1. The van der Waals surface area contributed by atoms with Gasteiger partial charge in [-0.3, -0.25) is 4.40 Å². The van der Waals surface area contributed by atoms with Gasteiger partial charge in [0.05, 0.1) is 11.1 Å². The van der Waals surface area contributed by atoms with Crippen LogP contribution < -0.4 is 4.57 Å². The van der Waals surface area contributed by atoms with Gasteiger partial charge in [0.1, 0.15) is 17.6 Å². The van der Waals surface area contributed by atoms with E-state index in [4.69, 9.17) is 0 Å². The van der Waals surface area contributed by atoms with Crippen LogP contribution in [0.4, 0.5) is 0 Å². The maximum Gasteiger partial charge on any atom is 0.232 e. The molecule has 3 aromatic heterocycles. The molecule has 0 amide bonds. The first-order chi connectivity index (χ1) is 11.0. The van der Waals surface area contributed by atoms with Crippen molar-refractivity contribution in [3.05, 3.63) is 46.9 Å². The van der Waals surface area contributed by atoms with E-state index in [1.54, 1.807) is 11.3 Å². The van der Waals surface area contributed by atoms with Crippen LogP contribution >= 0.6 is 11.3 Å². The average molecular weight is 323 g/mol. The van der Waals surface area contributed by atoms with Gasteiger partial charge in [0.15, 0.2) is 6.20 Å². The number of benzene rings is 1. The highest BCUT2D eigenvalue weighted by molar-refractivity contribution is 7.24. The minimum Gasteiger partial charge on any atom is -0.269 e. The smallest absolute Gasteiger partial charge is 0.232 e. The van der Waals surface area contributed by atoms with E-state index < -0.39 is 0 Å². The first-order valence-electron chi connectivity index (χ1n) is 7.68. The fraction of sp³-hybridized carbons (Fsp3) is 0.278. The zero-order valence-corrected chi connectivity index (χ0v) is 14.8. The summed E-state index contributed by atoms with van der Waals surface area (Å²) < 4.78 is 5.61. The number of pyridine rings is 1. The molecule has 0 atom stereocenters. The van der Waals surface area contributed by atoms with Gasteiger partial charge < -0.3 is 0 Å². The lowest BCUT2D eigenvalue weighted by Crippen LogP contribution is -2.30. The van der Waals surface area contributed by atoms with Crippen LogP contribution in [0.5, 0.6) is 0 Å². The second-order valence-electron chi connectivity index (χ2n) is 6.21. The molecule has 4 nitrogen and oxygen atoms in total. The number of aryl methyl sites for hydroxylation is 4. The SMILES string of the molecule is Cc1cc(C)c(C)c(-c2c3sc4nnc(C)n4c3cc[n+]2C)c1. The molecular weight excluding hydrogens is 304 g/mol. The molecule has 0 bridgehead atoms. The normalized spacial score (nSPS) is 11.7. The summed E-state index contributed by atoms with van der Waals surface area (Å²) in [5.41, 5.74) is 7.68. The molecule has 0 spiro atoms. The molecule has 0 radical (unpaired) electrons. The number of thiazole rings is 1. The molecule has 5 heteroatoms. The first-order valence-corrected chi connectivity index (χ1v) is 8.50. The summed E-state index contributed by atoms with van der Waals surface area (Å²) in [6, 6.07) is 6.68. The van der Waals surface area contributed by atoms with Crippen molar-refractivity contribution in [2.24, 2.45) is 7.05 Å². The molecule has 3 heterocycles. The second-order valence-corrected chi connectivity index (χ2v) is 7.19. The zero-order valence-electron chi connectivity index (χ0n) is 14.0. The molecule has 116 valence electrons. The van der Waals surface area contributed by atoms with Crippen LogP contribution in [0.25, 0.3) is 26.4 Å². The van der Waals surface area contributed by atoms with Crippen molar-refractivity contribution in [1.29, 1.82) is 0 Å². The third-order valence-electron chi connectivity index (χ3n) is 4.55. The third kappa shape index (κ3) is 2.00. The van der Waals surface area contributed by atoms with Crippen LogP contribution in [0, 0.1) is 27.7 Å². The van der Waals surface area contributed by atoms with Crippen LogP contribution in [0.2, 0.25) is 0 Å². The Morgan fingerprint density at radius 2 is 1.87 bits per heavy atom. The Kier molecular flexibility index (Phi) is 3.03. The Hall–Kier alpha value is -2.27. The van der Waals surface area contributed by atoms with Gasteiger partial charge in [0, 0.05) is 6.07 Å². The monoisotopic (exact) mass is 323 g/mol. The van der Waals surface area contributed by atoms with Gasteiger partial charge in [0.2, 0.25) is 10.7 Å². The summed E-state index contributed by atoms with van der Waals surface area (Å²) in [6.45, 7) is 8.54. The molecule has 0 aliphatic rings. The minimum atomic E-state index is 0.934. The van der Waals surface area contributed by atoms with Crippen molar-refractivity contribution in [1.82, 2.24) is 14.6 Å². The highest BCUT2D eigenvalue weighted by Crippen LogP contribution is 2.35. The van der Waals surface area contributed by atoms with Crippen LogP contribution in [0.15, 0.2) is 24.4 Å². The summed E-state index contributed by atoms with van der Waals surface area (Å²) in [5, 5.41) is 8.49. The summed E-state index contributed by atoms with van der Waals surface area (Å²) in [5.74, 6) is 0.934. The quantitative estimate of drug-likeness (QED) is 0.501. The maximum absolute atomic E-state index is 4.30. The van der Waals surface area contributed by atoms with Gasteiger partial charge in [-0.15, -0.1) is 10.2 Å². The van der Waals surface area contributed by atoms with E-state index in [0.29, 0.717) is 0 Å². The minimum absolute atomic E-state index is 0.934. The van der Waals surface area contributed by atoms with Crippen molar-refractivity contribution in [2.45, 2.75) is 27.7 Å². The van der Waals surface area contributed by atoms with E-state index in [9.17, 15) is 0 Å². The van der Waals surface area contributed by atoms with Gasteiger partial charge in [-0.1, -0.05) is 23.0 Å². The Balaban J connectivity index is 2.17. The molecule has 0 saturated carbocycles. The number of fused-ring (bicyclic) bond motifs is 3. The molecule has 0 saturated heterocycles. The van der Waals surface area contributed by atoms with Crippen molar-refractivity contribution < 1.29 is 4.57 Å². The van der Waals surface area contributed by atoms with Crippen molar-refractivity contribution in [3.8, 4) is 11.3 Å². The predicted octanol–water partition coefficient (Wildman–Crippen LogP) is 3.67. The lowest BCUT2D eigenvalue weighted by molar-refractivity contribution is -0.659. The highest BCUT2D eigenvalue weighted by atomic mass is 32.1. The number of nitrogens with zero attached hydrogens (tertiary/aromatic N) is 4. The highest BCUT2D eigenvalue weighted by Gasteiger charge is 2.22. The average Bonchev–Trinajstić information content (AvgIpc) is 3.03. The fourth-order valence-electron chi connectivity index (χ4n) is 3.27. The maximum atomic E-state index is 4.30. The van der Waals surface area contributed by atoms with E-state index in [1.807, 2.05) is 6.92 Å². The molecule has 0 aliphatic heterocycles. The number of aromatic nitrogens is 4. The molecular formula is C18H19N4S+. The first kappa shape index (κ1) is 14.3. The second kappa shape index (κ2) is 4.86. The Labute approximate surface area is 139 Å². The number of rotatable bonds is 1. The third-order valence-corrected chi connectivity index (χ3v) is 5.61. The summed E-state index contributed by atoms with van der Waals surface area (Å²) in [4.78, 5) is 0.951. The van der Waals surface area contributed by atoms with Gasteiger partial charge in [-0.05, 0) is 44.9 Å². The van der Waals surface area contributed by atoms with Crippen molar-refractivity contribution >= 4 is 26.5 Å². The Morgan fingerprint density at radius 1 is 1.09 bits per heavy atom. The molecule has 4 aromatic rings. The van der Waals surface area contributed by atoms with E-state index in [1.165, 1.54) is 38.2 Å². The summed E-state index contributed by atoms with van der Waals surface area (Å²) >= 11 is 1.71. The summed E-state index contributed by atoms with van der Waals surface area (Å²) in [6.07, 6.45) is 2.13. The van der Waals surface area contributed by atoms with Crippen LogP contribution in [0.1, 0.15) is 22.5 Å². The van der Waals surface area contributed by atoms with Gasteiger partial charge in [0.25, 0.3) is 0 Å².